The fourth-order valence-corrected chi connectivity index (χ4v) is 4.57. The van der Waals surface area contributed by atoms with E-state index in [-0.39, 0.29) is 18.9 Å². The number of benzene rings is 3. The fraction of sp³-hybridized carbons (Fsp3) is 0.310. The van der Waals surface area contributed by atoms with Crippen LogP contribution in [0, 0.1) is 0 Å². The largest absolute Gasteiger partial charge is 0.480 e. The van der Waals surface area contributed by atoms with Crippen LogP contribution in [0.4, 0.5) is 4.79 Å². The zero-order valence-electron chi connectivity index (χ0n) is 20.5. The van der Waals surface area contributed by atoms with Crippen molar-refractivity contribution in [2.75, 3.05) is 19.8 Å². The van der Waals surface area contributed by atoms with Crippen LogP contribution >= 0.6 is 0 Å². The van der Waals surface area contributed by atoms with Crippen molar-refractivity contribution in [2.24, 2.45) is 0 Å². The maximum atomic E-state index is 12.6. The average Bonchev–Trinajstić information content (AvgIpc) is 3.21. The molecule has 0 saturated carbocycles. The third-order valence-electron chi connectivity index (χ3n) is 6.26. The molecule has 0 bridgehead atoms. The molecule has 7 nitrogen and oxygen atoms in total. The Morgan fingerprint density at radius 3 is 1.94 bits per heavy atom. The van der Waals surface area contributed by atoms with E-state index in [4.69, 9.17) is 14.2 Å². The molecule has 0 aromatic heterocycles. The van der Waals surface area contributed by atoms with Crippen molar-refractivity contribution in [2.45, 2.75) is 38.5 Å². The van der Waals surface area contributed by atoms with Gasteiger partial charge >= 0.3 is 12.1 Å². The number of alkyl carbamates (subject to hydrolysis) is 1. The summed E-state index contributed by atoms with van der Waals surface area (Å²) in [6, 6.07) is 22.3. The van der Waals surface area contributed by atoms with E-state index in [1.807, 2.05) is 74.5 Å². The maximum Gasteiger partial charge on any atom is 0.407 e. The highest BCUT2D eigenvalue weighted by Gasteiger charge is 2.29. The molecule has 0 radical (unpaired) electrons. The van der Waals surface area contributed by atoms with Crippen LogP contribution in [0.2, 0.25) is 0 Å². The molecule has 1 aliphatic rings. The molecule has 7 heteroatoms. The van der Waals surface area contributed by atoms with Crippen molar-refractivity contribution in [3.05, 3.63) is 95.1 Å². The number of carboxylic acids is 1. The first-order valence-electron chi connectivity index (χ1n) is 12.2. The second kappa shape index (κ2) is 11.8. The van der Waals surface area contributed by atoms with Crippen LogP contribution in [0.1, 0.15) is 48.3 Å². The number of fused-ring (bicyclic) bond motifs is 3. The van der Waals surface area contributed by atoms with Gasteiger partial charge in [0.1, 0.15) is 12.6 Å². The lowest BCUT2D eigenvalue weighted by Gasteiger charge is -2.19. The normalized spacial score (nSPS) is 13.2. The predicted octanol–water partition coefficient (Wildman–Crippen LogP) is 5.29. The molecule has 3 aromatic carbocycles. The Kier molecular flexibility index (Phi) is 8.36. The lowest BCUT2D eigenvalue weighted by molar-refractivity contribution is -0.140. The minimum absolute atomic E-state index is 0.0948. The lowest BCUT2D eigenvalue weighted by atomic mass is 9.98. The standard InChI is InChI=1S/C29H31NO6/c1-3-34-28(35-4-2)20-15-13-19(14-16-20)17-26(27(31)32)30-29(33)36-18-25-23-11-7-5-9-21(23)22-10-6-8-12-24(22)25/h5-16,25-26,28H,3-4,17-18H2,1-2H3,(H,30,33)(H,31,32). The van der Waals surface area contributed by atoms with E-state index >= 15 is 0 Å². The molecule has 0 fully saturated rings. The third kappa shape index (κ3) is 5.75. The van der Waals surface area contributed by atoms with Crippen LogP contribution in [0.3, 0.4) is 0 Å². The van der Waals surface area contributed by atoms with Gasteiger partial charge in [-0.05, 0) is 41.7 Å². The van der Waals surface area contributed by atoms with Crippen molar-refractivity contribution in [3.8, 4) is 11.1 Å². The number of carboxylic acid groups (broad SMARTS) is 1. The first-order chi connectivity index (χ1) is 17.5. The van der Waals surface area contributed by atoms with Crippen LogP contribution in [0.25, 0.3) is 11.1 Å². The Labute approximate surface area is 211 Å². The van der Waals surface area contributed by atoms with Crippen LogP contribution < -0.4 is 5.32 Å². The topological polar surface area (TPSA) is 94.1 Å². The number of hydrogen-bond acceptors (Lipinski definition) is 5. The van der Waals surface area contributed by atoms with E-state index in [9.17, 15) is 14.7 Å². The quantitative estimate of drug-likeness (QED) is 0.355. The maximum absolute atomic E-state index is 12.6. The first kappa shape index (κ1) is 25.4. The van der Waals surface area contributed by atoms with Gasteiger partial charge in [0.05, 0.1) is 0 Å². The highest BCUT2D eigenvalue weighted by atomic mass is 16.7. The number of amides is 1. The SMILES string of the molecule is CCOC(OCC)c1ccc(CC(NC(=O)OCC2c3ccccc3-c3ccccc32)C(=O)O)cc1. The minimum atomic E-state index is -1.13. The summed E-state index contributed by atoms with van der Waals surface area (Å²) in [7, 11) is 0. The molecule has 1 unspecified atom stereocenters. The lowest BCUT2D eigenvalue weighted by Crippen LogP contribution is -2.42. The number of nitrogens with one attached hydrogen (secondary N) is 1. The van der Waals surface area contributed by atoms with Gasteiger partial charge in [0.2, 0.25) is 0 Å². The van der Waals surface area contributed by atoms with Crippen molar-refractivity contribution in [1.82, 2.24) is 5.32 Å². The molecule has 2 N–H and O–H groups in total. The van der Waals surface area contributed by atoms with Crippen molar-refractivity contribution in [3.63, 3.8) is 0 Å². The molecule has 0 heterocycles. The van der Waals surface area contributed by atoms with E-state index < -0.39 is 24.4 Å². The van der Waals surface area contributed by atoms with Gasteiger partial charge in [-0.15, -0.1) is 0 Å². The van der Waals surface area contributed by atoms with Gasteiger partial charge < -0.3 is 24.6 Å². The van der Waals surface area contributed by atoms with Gasteiger partial charge in [-0.3, -0.25) is 0 Å². The van der Waals surface area contributed by atoms with E-state index in [2.05, 4.69) is 17.4 Å². The summed E-state index contributed by atoms with van der Waals surface area (Å²) in [5.41, 5.74) is 6.06. The molecule has 1 atom stereocenters. The number of ether oxygens (including phenoxy) is 3. The van der Waals surface area contributed by atoms with Crippen molar-refractivity contribution in [1.29, 1.82) is 0 Å². The van der Waals surface area contributed by atoms with Crippen LogP contribution in [0.15, 0.2) is 72.8 Å². The van der Waals surface area contributed by atoms with E-state index in [0.717, 1.165) is 33.4 Å². The van der Waals surface area contributed by atoms with Gasteiger partial charge in [-0.2, -0.15) is 0 Å². The Morgan fingerprint density at radius 2 is 1.42 bits per heavy atom. The van der Waals surface area contributed by atoms with Gasteiger partial charge in [0, 0.05) is 31.1 Å². The predicted molar refractivity (Wildman–Crippen MR) is 136 cm³/mol. The van der Waals surface area contributed by atoms with Crippen LogP contribution in [-0.2, 0) is 25.4 Å². The number of rotatable bonds is 11. The Morgan fingerprint density at radius 1 is 0.861 bits per heavy atom. The molecular formula is C29H31NO6. The number of carbonyl (C=O) groups is 2. The summed E-state index contributed by atoms with van der Waals surface area (Å²) in [5.74, 6) is -1.23. The summed E-state index contributed by atoms with van der Waals surface area (Å²) in [5, 5.41) is 12.2. The second-order valence-corrected chi connectivity index (χ2v) is 8.55. The van der Waals surface area contributed by atoms with Gasteiger partial charge in [-0.1, -0.05) is 72.8 Å². The third-order valence-corrected chi connectivity index (χ3v) is 6.26. The smallest absolute Gasteiger partial charge is 0.407 e. The molecule has 0 aliphatic heterocycles. The van der Waals surface area contributed by atoms with Gasteiger partial charge in [0.15, 0.2) is 6.29 Å². The Balaban J connectivity index is 1.38. The number of carbonyl (C=O) groups excluding carboxylic acids is 1. The van der Waals surface area contributed by atoms with E-state index in [1.165, 1.54) is 0 Å². The summed E-state index contributed by atoms with van der Waals surface area (Å²) < 4.78 is 16.7. The van der Waals surface area contributed by atoms with Crippen molar-refractivity contribution < 1.29 is 28.9 Å². The Bertz CT molecular complexity index is 1140. The summed E-state index contributed by atoms with van der Waals surface area (Å²) in [4.78, 5) is 24.4. The molecule has 36 heavy (non-hydrogen) atoms. The molecule has 0 saturated heterocycles. The molecule has 3 aromatic rings. The van der Waals surface area contributed by atoms with E-state index in [0.29, 0.717) is 13.2 Å². The average molecular weight is 490 g/mol. The molecular weight excluding hydrogens is 458 g/mol. The summed E-state index contributed by atoms with van der Waals surface area (Å²) in [6.45, 7) is 4.94. The molecule has 4 rings (SSSR count). The Hall–Kier alpha value is -3.68. The number of hydrogen-bond donors (Lipinski definition) is 2. The van der Waals surface area contributed by atoms with Crippen LogP contribution in [0.5, 0.6) is 0 Å². The summed E-state index contributed by atoms with van der Waals surface area (Å²) in [6.07, 6.45) is -1.11. The molecule has 0 spiro atoms. The van der Waals surface area contributed by atoms with E-state index in [1.54, 1.807) is 0 Å². The second-order valence-electron chi connectivity index (χ2n) is 8.55. The minimum Gasteiger partial charge on any atom is -0.480 e. The van der Waals surface area contributed by atoms with Crippen LogP contribution in [-0.4, -0.2) is 43.0 Å². The molecule has 1 amide bonds. The fourth-order valence-electron chi connectivity index (χ4n) is 4.57. The molecule has 188 valence electrons. The van der Waals surface area contributed by atoms with Gasteiger partial charge in [0.25, 0.3) is 0 Å². The monoisotopic (exact) mass is 489 g/mol. The highest BCUT2D eigenvalue weighted by Crippen LogP contribution is 2.44. The highest BCUT2D eigenvalue weighted by molar-refractivity contribution is 5.81. The molecule has 1 aliphatic carbocycles. The zero-order valence-corrected chi connectivity index (χ0v) is 20.5. The summed E-state index contributed by atoms with van der Waals surface area (Å²) >= 11 is 0. The van der Waals surface area contributed by atoms with Crippen molar-refractivity contribution >= 4 is 12.1 Å². The first-order valence-corrected chi connectivity index (χ1v) is 12.2. The number of aliphatic carboxylic acids is 1. The van der Waals surface area contributed by atoms with Gasteiger partial charge in [-0.25, -0.2) is 9.59 Å². The zero-order chi connectivity index (χ0) is 25.5.